The highest BCUT2D eigenvalue weighted by Crippen LogP contribution is 2.25. The van der Waals surface area contributed by atoms with E-state index in [1.54, 1.807) is 30.3 Å². The Morgan fingerprint density at radius 1 is 1.11 bits per heavy atom. The van der Waals surface area contributed by atoms with Crippen LogP contribution >= 0.6 is 0 Å². The quantitative estimate of drug-likeness (QED) is 0.584. The molecule has 1 aliphatic rings. The first-order valence-electron chi connectivity index (χ1n) is 5.33. The van der Waals surface area contributed by atoms with Crippen molar-refractivity contribution in [3.63, 3.8) is 0 Å². The summed E-state index contributed by atoms with van der Waals surface area (Å²) in [5.74, 6) is -1.68. The van der Waals surface area contributed by atoms with E-state index in [9.17, 15) is 14.4 Å². The second-order valence-electron chi connectivity index (χ2n) is 3.72. The van der Waals surface area contributed by atoms with Gasteiger partial charge in [-0.05, 0) is 5.56 Å². The summed E-state index contributed by atoms with van der Waals surface area (Å²) in [6.45, 7) is 0. The van der Waals surface area contributed by atoms with Crippen LogP contribution in [0, 0.1) is 0 Å². The van der Waals surface area contributed by atoms with Crippen LogP contribution in [0.25, 0.3) is 0 Å². The Balaban J connectivity index is 2.41. The number of esters is 1. The molecule has 0 radical (unpaired) electrons. The van der Waals surface area contributed by atoms with E-state index in [4.69, 9.17) is 0 Å². The van der Waals surface area contributed by atoms with Gasteiger partial charge in [-0.3, -0.25) is 14.5 Å². The topological polar surface area (TPSA) is 63.7 Å². The minimum atomic E-state index is -1.04. The molecule has 0 N–H and O–H groups in total. The Labute approximate surface area is 104 Å². The number of hydrogen-bond donors (Lipinski definition) is 0. The molecule has 1 aromatic carbocycles. The predicted octanol–water partition coefficient (Wildman–Crippen LogP) is 0.826. The van der Waals surface area contributed by atoms with Gasteiger partial charge in [0, 0.05) is 12.2 Å². The molecule has 0 bridgehead atoms. The summed E-state index contributed by atoms with van der Waals surface area (Å²) >= 11 is 0. The van der Waals surface area contributed by atoms with Crippen molar-refractivity contribution < 1.29 is 19.1 Å². The zero-order chi connectivity index (χ0) is 13.1. The van der Waals surface area contributed by atoms with E-state index in [-0.39, 0.29) is 0 Å². The highest BCUT2D eigenvalue weighted by Gasteiger charge is 2.37. The second-order valence-corrected chi connectivity index (χ2v) is 3.72. The number of carbonyl (C=O) groups excluding carboxylic acids is 3. The fourth-order valence-corrected chi connectivity index (χ4v) is 1.80. The molecular weight excluding hydrogens is 234 g/mol. The summed E-state index contributed by atoms with van der Waals surface area (Å²) in [4.78, 5) is 35.9. The molecule has 18 heavy (non-hydrogen) atoms. The van der Waals surface area contributed by atoms with Crippen molar-refractivity contribution in [2.45, 2.75) is 6.04 Å². The molecule has 1 heterocycles. The van der Waals surface area contributed by atoms with Crippen LogP contribution in [0.5, 0.6) is 0 Å². The maximum atomic E-state index is 11.8. The number of nitrogens with zero attached hydrogens (tertiary/aromatic N) is 1. The molecule has 5 nitrogen and oxygen atoms in total. The van der Waals surface area contributed by atoms with Crippen LogP contribution in [0.4, 0.5) is 0 Å². The first-order valence-corrected chi connectivity index (χ1v) is 5.33. The van der Waals surface area contributed by atoms with E-state index in [0.29, 0.717) is 5.56 Å². The van der Waals surface area contributed by atoms with Gasteiger partial charge in [-0.1, -0.05) is 30.3 Å². The molecule has 0 saturated carbocycles. The van der Waals surface area contributed by atoms with Gasteiger partial charge >= 0.3 is 5.97 Å². The third-order valence-corrected chi connectivity index (χ3v) is 2.64. The number of hydrogen-bond acceptors (Lipinski definition) is 4. The first kappa shape index (κ1) is 12.0. The SMILES string of the molecule is COC(=O)C(c1ccccc1)N1C(=O)C=CC1=O. The van der Waals surface area contributed by atoms with Gasteiger partial charge in [-0.25, -0.2) is 4.79 Å². The molecule has 1 atom stereocenters. The summed E-state index contributed by atoms with van der Waals surface area (Å²) in [5, 5.41) is 0. The molecule has 1 unspecified atom stereocenters. The lowest BCUT2D eigenvalue weighted by molar-refractivity contribution is -0.155. The van der Waals surface area contributed by atoms with E-state index in [1.165, 1.54) is 7.11 Å². The fraction of sp³-hybridized carbons (Fsp3) is 0.154. The van der Waals surface area contributed by atoms with Crippen LogP contribution in [-0.4, -0.2) is 29.8 Å². The molecule has 0 aromatic heterocycles. The van der Waals surface area contributed by atoms with Gasteiger partial charge in [-0.15, -0.1) is 0 Å². The van der Waals surface area contributed by atoms with Crippen molar-refractivity contribution in [1.29, 1.82) is 0 Å². The summed E-state index contributed by atoms with van der Waals surface area (Å²) in [6.07, 6.45) is 2.28. The summed E-state index contributed by atoms with van der Waals surface area (Å²) in [7, 11) is 1.22. The average molecular weight is 245 g/mol. The van der Waals surface area contributed by atoms with Gasteiger partial charge < -0.3 is 4.74 Å². The molecule has 2 amide bonds. The molecule has 1 aliphatic heterocycles. The van der Waals surface area contributed by atoms with Gasteiger partial charge in [0.05, 0.1) is 7.11 Å². The van der Waals surface area contributed by atoms with Gasteiger partial charge in [0.15, 0.2) is 6.04 Å². The first-order chi connectivity index (χ1) is 8.65. The number of carbonyl (C=O) groups is 3. The number of ether oxygens (including phenoxy) is 1. The highest BCUT2D eigenvalue weighted by atomic mass is 16.5. The number of amides is 2. The maximum absolute atomic E-state index is 11.8. The minimum absolute atomic E-state index is 0.515. The third kappa shape index (κ3) is 2.02. The molecule has 1 aromatic rings. The molecule has 5 heteroatoms. The lowest BCUT2D eigenvalue weighted by Gasteiger charge is -2.24. The van der Waals surface area contributed by atoms with Gasteiger partial charge in [0.1, 0.15) is 0 Å². The summed E-state index contributed by atoms with van der Waals surface area (Å²) in [5.41, 5.74) is 0.537. The molecular formula is C13H11NO4. The maximum Gasteiger partial charge on any atom is 0.333 e. The van der Waals surface area contributed by atoms with E-state index >= 15 is 0 Å². The lowest BCUT2D eigenvalue weighted by Crippen LogP contribution is -2.39. The zero-order valence-electron chi connectivity index (χ0n) is 9.70. The smallest absolute Gasteiger partial charge is 0.333 e. The van der Waals surface area contributed by atoms with Crippen molar-refractivity contribution in [3.8, 4) is 0 Å². The number of methoxy groups -OCH3 is 1. The normalized spacial score (nSPS) is 15.9. The van der Waals surface area contributed by atoms with Gasteiger partial charge in [-0.2, -0.15) is 0 Å². The summed E-state index contributed by atoms with van der Waals surface area (Å²) in [6, 6.07) is 7.53. The van der Waals surface area contributed by atoms with Crippen molar-refractivity contribution in [2.75, 3.05) is 7.11 Å². The van der Waals surface area contributed by atoms with Crippen LogP contribution in [-0.2, 0) is 19.1 Å². The largest absolute Gasteiger partial charge is 0.467 e. The Kier molecular flexibility index (Phi) is 3.23. The van der Waals surface area contributed by atoms with Crippen molar-refractivity contribution in [1.82, 2.24) is 4.90 Å². The Morgan fingerprint density at radius 2 is 1.67 bits per heavy atom. The van der Waals surface area contributed by atoms with E-state index in [1.807, 2.05) is 0 Å². The van der Waals surface area contributed by atoms with Crippen LogP contribution in [0.1, 0.15) is 11.6 Å². The van der Waals surface area contributed by atoms with Crippen molar-refractivity contribution >= 4 is 17.8 Å². The van der Waals surface area contributed by atoms with Crippen LogP contribution < -0.4 is 0 Å². The lowest BCUT2D eigenvalue weighted by atomic mass is 10.1. The Morgan fingerprint density at radius 3 is 2.17 bits per heavy atom. The predicted molar refractivity (Wildman–Crippen MR) is 62.2 cm³/mol. The Hall–Kier alpha value is -2.43. The number of benzene rings is 1. The molecule has 92 valence electrons. The average Bonchev–Trinajstić information content (AvgIpc) is 2.72. The minimum Gasteiger partial charge on any atom is -0.467 e. The molecule has 0 spiro atoms. The monoisotopic (exact) mass is 245 g/mol. The fourth-order valence-electron chi connectivity index (χ4n) is 1.80. The highest BCUT2D eigenvalue weighted by molar-refractivity contribution is 6.14. The van der Waals surface area contributed by atoms with E-state index in [0.717, 1.165) is 17.1 Å². The van der Waals surface area contributed by atoms with Crippen LogP contribution in [0.3, 0.4) is 0 Å². The number of rotatable bonds is 3. The second kappa shape index (κ2) is 4.83. The molecule has 0 aliphatic carbocycles. The molecule has 0 saturated heterocycles. The molecule has 2 rings (SSSR count). The number of imide groups is 1. The van der Waals surface area contributed by atoms with E-state index < -0.39 is 23.8 Å². The standard InChI is InChI=1S/C13H11NO4/c1-18-13(17)12(9-5-3-2-4-6-9)14-10(15)7-8-11(14)16/h2-8,12H,1H3. The Bertz CT molecular complexity index is 503. The van der Waals surface area contributed by atoms with E-state index in [2.05, 4.69) is 4.74 Å². The van der Waals surface area contributed by atoms with Crippen LogP contribution in [0.15, 0.2) is 42.5 Å². The molecule has 0 fully saturated rings. The van der Waals surface area contributed by atoms with Gasteiger partial charge in [0.2, 0.25) is 0 Å². The van der Waals surface area contributed by atoms with Crippen molar-refractivity contribution in [3.05, 3.63) is 48.0 Å². The summed E-state index contributed by atoms with van der Waals surface area (Å²) < 4.78 is 4.66. The van der Waals surface area contributed by atoms with Crippen LogP contribution in [0.2, 0.25) is 0 Å². The zero-order valence-corrected chi connectivity index (χ0v) is 9.70. The van der Waals surface area contributed by atoms with Gasteiger partial charge in [0.25, 0.3) is 11.8 Å². The third-order valence-electron chi connectivity index (χ3n) is 2.64. The van der Waals surface area contributed by atoms with Crippen molar-refractivity contribution in [2.24, 2.45) is 0 Å².